The molecule has 1 heteroatoms. The van der Waals surface area contributed by atoms with E-state index in [1.165, 1.54) is 29.2 Å². The quantitative estimate of drug-likeness (QED) is 0.749. The van der Waals surface area contributed by atoms with Gasteiger partial charge in [0.25, 0.3) is 0 Å². The molecule has 3 unspecified atom stereocenters. The van der Waals surface area contributed by atoms with Crippen molar-refractivity contribution in [3.63, 3.8) is 0 Å². The first-order chi connectivity index (χ1) is 9.61. The molecule has 1 nitrogen and oxygen atoms in total. The molecule has 3 atom stereocenters. The molecule has 0 radical (unpaired) electrons. The van der Waals surface area contributed by atoms with E-state index in [1.54, 1.807) is 0 Å². The molecule has 2 aromatic carbocycles. The summed E-state index contributed by atoms with van der Waals surface area (Å²) in [6.45, 7) is 9.18. The van der Waals surface area contributed by atoms with Gasteiger partial charge in [0.05, 0.1) is 0 Å². The highest BCUT2D eigenvalue weighted by Gasteiger charge is 2.13. The summed E-state index contributed by atoms with van der Waals surface area (Å²) < 4.78 is 0. The van der Waals surface area contributed by atoms with E-state index in [2.05, 4.69) is 75.5 Å². The zero-order chi connectivity index (χ0) is 14.5. The van der Waals surface area contributed by atoms with E-state index >= 15 is 0 Å². The van der Waals surface area contributed by atoms with Crippen LogP contribution in [0.4, 0.5) is 0 Å². The molecule has 0 aliphatic carbocycles. The Labute approximate surface area is 123 Å². The molecule has 0 aromatic heterocycles. The van der Waals surface area contributed by atoms with E-state index in [4.69, 9.17) is 0 Å². The lowest BCUT2D eigenvalue weighted by Crippen LogP contribution is -2.30. The number of hydrogen-bond donors (Lipinski definition) is 1. The van der Waals surface area contributed by atoms with E-state index < -0.39 is 0 Å². The Hall–Kier alpha value is -1.34. The van der Waals surface area contributed by atoms with Crippen molar-refractivity contribution in [1.82, 2.24) is 5.32 Å². The van der Waals surface area contributed by atoms with Gasteiger partial charge >= 0.3 is 0 Å². The molecular formula is C19H27N. The van der Waals surface area contributed by atoms with E-state index in [-0.39, 0.29) is 0 Å². The van der Waals surface area contributed by atoms with Crippen LogP contribution in [-0.2, 0) is 0 Å². The largest absolute Gasteiger partial charge is 0.308 e. The molecule has 0 amide bonds. The van der Waals surface area contributed by atoms with Crippen LogP contribution in [0.15, 0.2) is 42.5 Å². The van der Waals surface area contributed by atoms with Gasteiger partial charge < -0.3 is 5.32 Å². The first-order valence-electron chi connectivity index (χ1n) is 7.85. The highest BCUT2D eigenvalue weighted by Crippen LogP contribution is 2.25. The molecule has 0 aliphatic heterocycles. The Kier molecular flexibility index (Phi) is 5.19. The number of hydrogen-bond acceptors (Lipinski definition) is 1. The van der Waals surface area contributed by atoms with Crippen molar-refractivity contribution in [3.05, 3.63) is 48.0 Å². The van der Waals surface area contributed by atoms with Gasteiger partial charge in [0.1, 0.15) is 0 Å². The predicted molar refractivity (Wildman–Crippen MR) is 89.0 cm³/mol. The van der Waals surface area contributed by atoms with Crippen LogP contribution in [0.3, 0.4) is 0 Å². The molecule has 0 saturated carbocycles. The zero-order valence-electron chi connectivity index (χ0n) is 13.2. The van der Waals surface area contributed by atoms with Gasteiger partial charge in [-0.25, -0.2) is 0 Å². The lowest BCUT2D eigenvalue weighted by atomic mass is 9.97. The second-order valence-corrected chi connectivity index (χ2v) is 6.11. The summed E-state index contributed by atoms with van der Waals surface area (Å²) in [5.41, 5.74) is 1.40. The third kappa shape index (κ3) is 3.61. The smallest absolute Gasteiger partial charge is 0.0300 e. The van der Waals surface area contributed by atoms with Gasteiger partial charge in [0.2, 0.25) is 0 Å². The lowest BCUT2D eigenvalue weighted by molar-refractivity contribution is 0.386. The fourth-order valence-corrected chi connectivity index (χ4v) is 2.98. The average molecular weight is 269 g/mol. The Balaban J connectivity index is 2.13. The predicted octanol–water partition coefficient (Wildman–Crippen LogP) is 5.32. The molecule has 0 spiro atoms. The summed E-state index contributed by atoms with van der Waals surface area (Å²) in [7, 11) is 0. The van der Waals surface area contributed by atoms with Crippen LogP contribution in [0, 0.1) is 5.92 Å². The highest BCUT2D eigenvalue weighted by atomic mass is 14.9. The van der Waals surface area contributed by atoms with Crippen molar-refractivity contribution >= 4 is 10.8 Å². The maximum atomic E-state index is 3.75. The number of rotatable bonds is 6. The molecule has 20 heavy (non-hydrogen) atoms. The van der Waals surface area contributed by atoms with Crippen LogP contribution in [0.25, 0.3) is 10.8 Å². The average Bonchev–Trinajstić information content (AvgIpc) is 2.46. The molecule has 2 rings (SSSR count). The van der Waals surface area contributed by atoms with Crippen LogP contribution >= 0.6 is 0 Å². The van der Waals surface area contributed by atoms with Crippen LogP contribution in [-0.4, -0.2) is 6.04 Å². The SMILES string of the molecule is CCC(C)CC(C)NC(C)c1cccc2ccccc12. The monoisotopic (exact) mass is 269 g/mol. The fraction of sp³-hybridized carbons (Fsp3) is 0.474. The first kappa shape index (κ1) is 15.1. The number of nitrogens with one attached hydrogen (secondary N) is 1. The summed E-state index contributed by atoms with van der Waals surface area (Å²) >= 11 is 0. The van der Waals surface area contributed by atoms with Crippen molar-refractivity contribution in [2.75, 3.05) is 0 Å². The van der Waals surface area contributed by atoms with Gasteiger partial charge in [-0.2, -0.15) is 0 Å². The van der Waals surface area contributed by atoms with Gasteiger partial charge in [-0.15, -0.1) is 0 Å². The Morgan fingerprint density at radius 3 is 2.40 bits per heavy atom. The van der Waals surface area contributed by atoms with E-state index in [1.807, 2.05) is 0 Å². The van der Waals surface area contributed by atoms with E-state index in [0.717, 1.165) is 5.92 Å². The van der Waals surface area contributed by atoms with Crippen molar-refractivity contribution in [2.24, 2.45) is 5.92 Å². The molecule has 0 bridgehead atoms. The Morgan fingerprint density at radius 2 is 1.65 bits per heavy atom. The Bertz CT molecular complexity index is 541. The van der Waals surface area contributed by atoms with Crippen LogP contribution in [0.5, 0.6) is 0 Å². The molecule has 0 aliphatic rings. The molecule has 2 aromatic rings. The van der Waals surface area contributed by atoms with Crippen molar-refractivity contribution in [3.8, 4) is 0 Å². The summed E-state index contributed by atoms with van der Waals surface area (Å²) in [6, 6.07) is 16.2. The second-order valence-electron chi connectivity index (χ2n) is 6.11. The van der Waals surface area contributed by atoms with Crippen molar-refractivity contribution < 1.29 is 0 Å². The minimum Gasteiger partial charge on any atom is -0.308 e. The first-order valence-corrected chi connectivity index (χ1v) is 7.85. The number of fused-ring (bicyclic) bond motifs is 1. The Morgan fingerprint density at radius 1 is 0.950 bits per heavy atom. The van der Waals surface area contributed by atoms with Crippen LogP contribution < -0.4 is 5.32 Å². The maximum Gasteiger partial charge on any atom is 0.0300 e. The standard InChI is InChI=1S/C19H27N/c1-5-14(2)13-15(3)20-16(4)18-12-8-10-17-9-6-7-11-19(17)18/h6-12,14-16,20H,5,13H2,1-4H3. The minimum absolute atomic E-state index is 0.389. The van der Waals surface area contributed by atoms with Gasteiger partial charge in [-0.1, -0.05) is 62.7 Å². The molecule has 0 heterocycles. The van der Waals surface area contributed by atoms with Gasteiger partial charge in [-0.3, -0.25) is 0 Å². The molecule has 0 fully saturated rings. The van der Waals surface area contributed by atoms with Crippen molar-refractivity contribution in [1.29, 1.82) is 0 Å². The lowest BCUT2D eigenvalue weighted by Gasteiger charge is -2.23. The van der Waals surface area contributed by atoms with E-state index in [0.29, 0.717) is 12.1 Å². The summed E-state index contributed by atoms with van der Waals surface area (Å²) in [5, 5.41) is 6.45. The van der Waals surface area contributed by atoms with Gasteiger partial charge in [-0.05, 0) is 42.5 Å². The summed E-state index contributed by atoms with van der Waals surface area (Å²) in [6.07, 6.45) is 2.50. The van der Waals surface area contributed by atoms with Crippen molar-refractivity contribution in [2.45, 2.75) is 52.6 Å². The number of benzene rings is 2. The van der Waals surface area contributed by atoms with Crippen LogP contribution in [0.1, 0.15) is 52.1 Å². The van der Waals surface area contributed by atoms with Crippen LogP contribution in [0.2, 0.25) is 0 Å². The topological polar surface area (TPSA) is 12.0 Å². The third-order valence-electron chi connectivity index (χ3n) is 4.28. The minimum atomic E-state index is 0.389. The van der Waals surface area contributed by atoms with Gasteiger partial charge in [0.15, 0.2) is 0 Å². The molecule has 0 saturated heterocycles. The second kappa shape index (κ2) is 6.90. The molecule has 1 N–H and O–H groups in total. The highest BCUT2D eigenvalue weighted by molar-refractivity contribution is 5.86. The normalized spacial score (nSPS) is 16.0. The zero-order valence-corrected chi connectivity index (χ0v) is 13.2. The van der Waals surface area contributed by atoms with Gasteiger partial charge in [0, 0.05) is 12.1 Å². The maximum absolute atomic E-state index is 3.75. The van der Waals surface area contributed by atoms with E-state index in [9.17, 15) is 0 Å². The summed E-state index contributed by atoms with van der Waals surface area (Å²) in [5.74, 6) is 0.789. The third-order valence-corrected chi connectivity index (χ3v) is 4.28. The fourth-order valence-electron chi connectivity index (χ4n) is 2.98. The molecule has 108 valence electrons. The summed E-state index contributed by atoms with van der Waals surface area (Å²) in [4.78, 5) is 0. The molecular weight excluding hydrogens is 242 g/mol.